The molecule has 160 valence electrons. The normalized spacial score (nSPS) is 18.6. The smallest absolute Gasteiger partial charge is 0.184 e. The second-order valence-corrected chi connectivity index (χ2v) is 7.26. The molecule has 1 saturated heterocycles. The predicted molar refractivity (Wildman–Crippen MR) is 106 cm³/mol. The van der Waals surface area contributed by atoms with E-state index >= 15 is 0 Å². The van der Waals surface area contributed by atoms with Gasteiger partial charge in [-0.25, -0.2) is 17.6 Å². The summed E-state index contributed by atoms with van der Waals surface area (Å²) in [7, 11) is 1.58. The number of methoxy groups -OCH3 is 1. The lowest BCUT2D eigenvalue weighted by Gasteiger charge is -2.29. The van der Waals surface area contributed by atoms with E-state index in [0.29, 0.717) is 36.2 Å². The molecule has 0 radical (unpaired) electrons. The molecule has 0 aromatic heterocycles. The summed E-state index contributed by atoms with van der Waals surface area (Å²) >= 11 is 0. The van der Waals surface area contributed by atoms with Crippen LogP contribution in [-0.2, 0) is 14.2 Å². The van der Waals surface area contributed by atoms with Gasteiger partial charge in [-0.05, 0) is 47.2 Å². The Morgan fingerprint density at radius 1 is 0.839 bits per heavy atom. The number of fused-ring (bicyclic) bond motifs is 1. The molecule has 3 aromatic carbocycles. The van der Waals surface area contributed by atoms with Gasteiger partial charge in [-0.15, -0.1) is 0 Å². The Balaban J connectivity index is 1.56. The Morgan fingerprint density at radius 2 is 1.48 bits per heavy atom. The van der Waals surface area contributed by atoms with Gasteiger partial charge in [0.2, 0.25) is 0 Å². The van der Waals surface area contributed by atoms with Gasteiger partial charge in [-0.3, -0.25) is 0 Å². The van der Waals surface area contributed by atoms with E-state index in [1.807, 2.05) is 0 Å². The molecule has 0 atom stereocenters. The molecule has 1 heterocycles. The highest BCUT2D eigenvalue weighted by atomic mass is 19.2. The van der Waals surface area contributed by atoms with Crippen LogP contribution in [0.2, 0.25) is 0 Å². The molecule has 0 N–H and O–H groups in total. The quantitative estimate of drug-likeness (QED) is 0.427. The molecule has 0 spiro atoms. The summed E-state index contributed by atoms with van der Waals surface area (Å²) in [6.07, 6.45) is -0.866. The molecule has 0 saturated carbocycles. The molecule has 0 amide bonds. The fourth-order valence-electron chi connectivity index (χ4n) is 3.37. The highest BCUT2D eigenvalue weighted by Gasteiger charge is 2.25. The van der Waals surface area contributed by atoms with Crippen LogP contribution in [0.3, 0.4) is 0 Å². The van der Waals surface area contributed by atoms with Crippen LogP contribution in [0.25, 0.3) is 10.8 Å². The van der Waals surface area contributed by atoms with Crippen molar-refractivity contribution in [1.82, 2.24) is 0 Å². The zero-order valence-corrected chi connectivity index (χ0v) is 16.6. The van der Waals surface area contributed by atoms with Gasteiger partial charge in [-0.2, -0.15) is 0 Å². The van der Waals surface area contributed by atoms with Crippen LogP contribution in [0.5, 0.6) is 0 Å². The third-order valence-corrected chi connectivity index (χ3v) is 4.92. The largest absolute Gasteiger partial charge is 0.384 e. The molecular weight excluding hydrogens is 412 g/mol. The van der Waals surface area contributed by atoms with Gasteiger partial charge in [0.15, 0.2) is 17.9 Å². The van der Waals surface area contributed by atoms with Crippen molar-refractivity contribution in [3.05, 3.63) is 82.4 Å². The molecule has 7 heteroatoms. The number of hydrogen-bond acceptors (Lipinski definition) is 3. The summed E-state index contributed by atoms with van der Waals surface area (Å²) in [5, 5.41) is 0.923. The Bertz CT molecular complexity index is 1150. The monoisotopic (exact) mass is 430 g/mol. The van der Waals surface area contributed by atoms with Crippen LogP contribution in [-0.4, -0.2) is 26.9 Å². The fourth-order valence-corrected chi connectivity index (χ4v) is 3.37. The number of rotatable bonds is 3. The maximum absolute atomic E-state index is 14.6. The second kappa shape index (κ2) is 9.06. The van der Waals surface area contributed by atoms with E-state index in [0.717, 1.165) is 24.3 Å². The molecule has 1 fully saturated rings. The second-order valence-electron chi connectivity index (χ2n) is 7.26. The lowest BCUT2D eigenvalue weighted by Crippen LogP contribution is -2.30. The van der Waals surface area contributed by atoms with E-state index in [1.165, 1.54) is 6.07 Å². The highest BCUT2D eigenvalue weighted by Crippen LogP contribution is 2.28. The average Bonchev–Trinajstić information content (AvgIpc) is 2.75. The molecule has 1 aliphatic heterocycles. The predicted octanol–water partition coefficient (Wildman–Crippen LogP) is 5.10. The highest BCUT2D eigenvalue weighted by molar-refractivity contribution is 5.84. The van der Waals surface area contributed by atoms with Crippen molar-refractivity contribution in [2.45, 2.75) is 6.29 Å². The van der Waals surface area contributed by atoms with Crippen LogP contribution < -0.4 is 0 Å². The Labute approximate surface area is 176 Å². The van der Waals surface area contributed by atoms with Gasteiger partial charge in [-0.1, -0.05) is 17.9 Å². The van der Waals surface area contributed by atoms with Crippen LogP contribution in [0.1, 0.15) is 23.0 Å². The molecule has 0 unspecified atom stereocenters. The maximum Gasteiger partial charge on any atom is 0.184 e. The SMILES string of the molecule is COCC1COC(c2cc(F)c(C#Cc3ccc4cc(F)c(F)cc4c3)c(F)c2)OC1. The van der Waals surface area contributed by atoms with E-state index in [4.69, 9.17) is 14.2 Å². The van der Waals surface area contributed by atoms with Gasteiger partial charge in [0.05, 0.1) is 25.4 Å². The zero-order valence-electron chi connectivity index (χ0n) is 16.6. The van der Waals surface area contributed by atoms with Gasteiger partial charge >= 0.3 is 0 Å². The van der Waals surface area contributed by atoms with Crippen molar-refractivity contribution >= 4 is 10.8 Å². The van der Waals surface area contributed by atoms with Crippen molar-refractivity contribution < 1.29 is 31.8 Å². The zero-order chi connectivity index (χ0) is 22.0. The molecule has 1 aliphatic rings. The van der Waals surface area contributed by atoms with E-state index in [9.17, 15) is 17.6 Å². The minimum Gasteiger partial charge on any atom is -0.384 e. The van der Waals surface area contributed by atoms with Gasteiger partial charge in [0.1, 0.15) is 11.6 Å². The summed E-state index contributed by atoms with van der Waals surface area (Å²) in [4.78, 5) is 0. The van der Waals surface area contributed by atoms with Crippen molar-refractivity contribution in [3.63, 3.8) is 0 Å². The third kappa shape index (κ3) is 4.72. The summed E-state index contributed by atoms with van der Waals surface area (Å²) in [5.41, 5.74) is 0.228. The number of halogens is 4. The van der Waals surface area contributed by atoms with Crippen molar-refractivity contribution in [1.29, 1.82) is 0 Å². The summed E-state index contributed by atoms with van der Waals surface area (Å²) in [6, 6.07) is 9.04. The Morgan fingerprint density at radius 3 is 2.13 bits per heavy atom. The summed E-state index contributed by atoms with van der Waals surface area (Å²) in [5.74, 6) is 1.59. The molecule has 4 rings (SSSR count). The van der Waals surface area contributed by atoms with Crippen molar-refractivity contribution in [3.8, 4) is 11.8 Å². The van der Waals surface area contributed by atoms with Crippen LogP contribution >= 0.6 is 0 Å². The van der Waals surface area contributed by atoms with E-state index in [1.54, 1.807) is 19.2 Å². The minimum absolute atomic E-state index is 0.0630. The van der Waals surface area contributed by atoms with E-state index in [2.05, 4.69) is 11.8 Å². The number of benzene rings is 3. The third-order valence-electron chi connectivity index (χ3n) is 4.92. The average molecular weight is 430 g/mol. The lowest BCUT2D eigenvalue weighted by molar-refractivity contribution is -0.211. The van der Waals surface area contributed by atoms with Crippen LogP contribution in [0, 0.1) is 41.0 Å². The standard InChI is InChI=1S/C24H18F4O3/c1-29-11-15-12-30-24(31-13-15)18-9-20(25)19(21(26)10-18)5-3-14-2-4-16-7-22(27)23(28)8-17(16)6-14/h2,4,6-10,15,24H,11-13H2,1H3. The van der Waals surface area contributed by atoms with Gasteiger partial charge in [0.25, 0.3) is 0 Å². The Hall–Kier alpha value is -2.92. The maximum atomic E-state index is 14.6. The molecular formula is C24H18F4O3. The van der Waals surface area contributed by atoms with E-state index in [-0.39, 0.29) is 11.5 Å². The first-order valence-corrected chi connectivity index (χ1v) is 9.56. The topological polar surface area (TPSA) is 27.7 Å². The molecule has 31 heavy (non-hydrogen) atoms. The first kappa shape index (κ1) is 21.3. The summed E-state index contributed by atoms with van der Waals surface area (Å²) < 4.78 is 72.0. The van der Waals surface area contributed by atoms with Crippen LogP contribution in [0.4, 0.5) is 17.6 Å². The first-order valence-electron chi connectivity index (χ1n) is 9.56. The summed E-state index contributed by atoms with van der Waals surface area (Å²) in [6.45, 7) is 1.19. The molecule has 3 aromatic rings. The van der Waals surface area contributed by atoms with Crippen molar-refractivity contribution in [2.75, 3.05) is 26.9 Å². The molecule has 0 bridgehead atoms. The molecule has 0 aliphatic carbocycles. The fraction of sp³-hybridized carbons (Fsp3) is 0.250. The van der Waals surface area contributed by atoms with Gasteiger partial charge < -0.3 is 14.2 Å². The van der Waals surface area contributed by atoms with Gasteiger partial charge in [0, 0.05) is 24.2 Å². The van der Waals surface area contributed by atoms with Crippen LogP contribution in [0.15, 0.2) is 42.5 Å². The van der Waals surface area contributed by atoms with E-state index < -0.39 is 35.1 Å². The lowest BCUT2D eigenvalue weighted by atomic mass is 10.1. The Kier molecular flexibility index (Phi) is 6.23. The first-order chi connectivity index (χ1) is 14.9. The van der Waals surface area contributed by atoms with Crippen molar-refractivity contribution in [2.24, 2.45) is 5.92 Å². The molecule has 3 nitrogen and oxygen atoms in total. The number of ether oxygens (including phenoxy) is 3. The number of hydrogen-bond donors (Lipinski definition) is 0. The minimum atomic E-state index is -0.981.